The molecule has 1 aliphatic rings. The number of methoxy groups -OCH3 is 1. The summed E-state index contributed by atoms with van der Waals surface area (Å²) in [5.74, 6) is -0.470. The highest BCUT2D eigenvalue weighted by atomic mass is 32.2. The van der Waals surface area contributed by atoms with E-state index in [0.29, 0.717) is 30.0 Å². The van der Waals surface area contributed by atoms with Crippen molar-refractivity contribution in [1.29, 1.82) is 0 Å². The summed E-state index contributed by atoms with van der Waals surface area (Å²) in [7, 11) is -0.835. The molecule has 1 aromatic heterocycles. The first-order valence-corrected chi connectivity index (χ1v) is 12.9. The summed E-state index contributed by atoms with van der Waals surface area (Å²) in [6.07, 6.45) is 3.31. The second-order valence-corrected chi connectivity index (χ2v) is 10.6. The van der Waals surface area contributed by atoms with E-state index in [2.05, 4.69) is 0 Å². The number of amides is 1. The highest BCUT2D eigenvalue weighted by Crippen LogP contribution is 2.27. The van der Waals surface area contributed by atoms with Gasteiger partial charge in [-0.3, -0.25) is 9.10 Å². The molecule has 9 heteroatoms. The van der Waals surface area contributed by atoms with Crippen LogP contribution in [-0.2, 0) is 14.8 Å². The van der Waals surface area contributed by atoms with E-state index in [-0.39, 0.29) is 22.8 Å². The van der Waals surface area contributed by atoms with Gasteiger partial charge in [0.25, 0.3) is 15.9 Å². The summed E-state index contributed by atoms with van der Waals surface area (Å²) in [6, 6.07) is 17.0. The number of carbonyl (C=O) groups excluding carboxylic acids is 2. The molecule has 2 aromatic carbocycles. The summed E-state index contributed by atoms with van der Waals surface area (Å²) in [5.41, 5.74) is 2.47. The molecule has 1 aliphatic heterocycles. The number of rotatable bonds is 6. The van der Waals surface area contributed by atoms with Gasteiger partial charge in [-0.05, 0) is 68.3 Å². The van der Waals surface area contributed by atoms with E-state index in [1.807, 2.05) is 23.8 Å². The quantitative estimate of drug-likeness (QED) is 0.484. The zero-order valence-corrected chi connectivity index (χ0v) is 20.9. The SMILES string of the molecule is COC(=O)c1cccn1C1CCN(C(=O)c2ccc(N(C)S(=O)(=O)c3ccc(C)cc3)cc2)CC1. The molecule has 0 spiro atoms. The molecule has 0 atom stereocenters. The Morgan fingerprint density at radius 1 is 0.971 bits per heavy atom. The topological polar surface area (TPSA) is 88.9 Å². The number of ether oxygens (including phenoxy) is 1. The molecule has 184 valence electrons. The third kappa shape index (κ3) is 4.95. The van der Waals surface area contributed by atoms with E-state index in [0.717, 1.165) is 18.4 Å². The fourth-order valence-electron chi connectivity index (χ4n) is 4.34. The van der Waals surface area contributed by atoms with Crippen molar-refractivity contribution in [2.45, 2.75) is 30.7 Å². The van der Waals surface area contributed by atoms with Crippen molar-refractivity contribution < 1.29 is 22.7 Å². The van der Waals surface area contributed by atoms with Gasteiger partial charge in [-0.2, -0.15) is 0 Å². The molecule has 0 bridgehead atoms. The number of anilines is 1. The largest absolute Gasteiger partial charge is 0.464 e. The van der Waals surface area contributed by atoms with Crippen molar-refractivity contribution in [2.75, 3.05) is 31.6 Å². The number of carbonyl (C=O) groups is 2. The minimum atomic E-state index is -3.70. The number of likely N-dealkylation sites (tertiary alicyclic amines) is 1. The Kier molecular flexibility index (Phi) is 6.98. The Morgan fingerprint density at radius 2 is 1.60 bits per heavy atom. The molecule has 4 rings (SSSR count). The van der Waals surface area contributed by atoms with Crippen LogP contribution in [0.15, 0.2) is 71.8 Å². The number of aromatic nitrogens is 1. The lowest BCUT2D eigenvalue weighted by molar-refractivity contribution is 0.0573. The third-order valence-electron chi connectivity index (χ3n) is 6.48. The third-order valence-corrected chi connectivity index (χ3v) is 8.28. The van der Waals surface area contributed by atoms with Crippen molar-refractivity contribution in [3.8, 4) is 0 Å². The Balaban J connectivity index is 1.41. The zero-order chi connectivity index (χ0) is 25.2. The fourth-order valence-corrected chi connectivity index (χ4v) is 5.54. The van der Waals surface area contributed by atoms with E-state index in [4.69, 9.17) is 4.74 Å². The van der Waals surface area contributed by atoms with Gasteiger partial charge in [0.15, 0.2) is 0 Å². The molecule has 2 heterocycles. The van der Waals surface area contributed by atoms with Crippen LogP contribution in [0.3, 0.4) is 0 Å². The fraction of sp³-hybridized carbons (Fsp3) is 0.308. The van der Waals surface area contributed by atoms with Crippen LogP contribution in [0.4, 0.5) is 5.69 Å². The summed E-state index contributed by atoms with van der Waals surface area (Å²) in [4.78, 5) is 27.0. The van der Waals surface area contributed by atoms with Crippen molar-refractivity contribution in [2.24, 2.45) is 0 Å². The van der Waals surface area contributed by atoms with Crippen LogP contribution in [0, 0.1) is 6.92 Å². The number of esters is 1. The first-order valence-electron chi connectivity index (χ1n) is 11.4. The standard InChI is InChI=1S/C26H29N3O5S/c1-19-6-12-23(13-7-19)35(32,33)27(2)21-10-8-20(9-11-21)25(30)28-17-14-22(15-18-28)29-16-4-5-24(29)26(31)34-3/h4-13,16,22H,14-15,17-18H2,1-3H3. The van der Waals surface area contributed by atoms with Gasteiger partial charge in [0.05, 0.1) is 17.7 Å². The minimum absolute atomic E-state index is 0.0975. The molecule has 3 aromatic rings. The Labute approximate surface area is 205 Å². The maximum absolute atomic E-state index is 13.1. The highest BCUT2D eigenvalue weighted by molar-refractivity contribution is 7.92. The molecule has 0 N–H and O–H groups in total. The van der Waals surface area contributed by atoms with Gasteiger partial charge in [0, 0.05) is 37.9 Å². The lowest BCUT2D eigenvalue weighted by Crippen LogP contribution is -2.39. The van der Waals surface area contributed by atoms with E-state index in [1.54, 1.807) is 59.5 Å². The van der Waals surface area contributed by atoms with Crippen molar-refractivity contribution in [1.82, 2.24) is 9.47 Å². The molecule has 0 radical (unpaired) electrons. The molecule has 1 fully saturated rings. The summed E-state index contributed by atoms with van der Waals surface area (Å²) >= 11 is 0. The molecule has 8 nitrogen and oxygen atoms in total. The Hall–Kier alpha value is -3.59. The smallest absolute Gasteiger partial charge is 0.354 e. The van der Waals surface area contributed by atoms with Gasteiger partial charge >= 0.3 is 5.97 Å². The van der Waals surface area contributed by atoms with Gasteiger partial charge in [-0.25, -0.2) is 13.2 Å². The number of benzene rings is 2. The van der Waals surface area contributed by atoms with Crippen molar-refractivity contribution in [3.63, 3.8) is 0 Å². The molecular formula is C26H29N3O5S. The molecule has 0 aliphatic carbocycles. The molecule has 35 heavy (non-hydrogen) atoms. The van der Waals surface area contributed by atoms with Crippen LogP contribution in [0.5, 0.6) is 0 Å². The second kappa shape index (κ2) is 9.95. The lowest BCUT2D eigenvalue weighted by atomic mass is 10.0. The first-order chi connectivity index (χ1) is 16.7. The first kappa shape index (κ1) is 24.5. The second-order valence-electron chi connectivity index (χ2n) is 8.65. The van der Waals surface area contributed by atoms with Crippen molar-refractivity contribution in [3.05, 3.63) is 83.7 Å². The van der Waals surface area contributed by atoms with Gasteiger partial charge < -0.3 is 14.2 Å². The number of sulfonamides is 1. The summed E-state index contributed by atoms with van der Waals surface area (Å²) in [6.45, 7) is 3.02. The molecule has 0 saturated carbocycles. The Bertz CT molecular complexity index is 1310. The van der Waals surface area contributed by atoms with E-state index < -0.39 is 10.0 Å². The monoisotopic (exact) mass is 495 g/mol. The lowest BCUT2D eigenvalue weighted by Gasteiger charge is -2.33. The molecule has 1 saturated heterocycles. The number of piperidine rings is 1. The molecular weight excluding hydrogens is 466 g/mol. The number of hydrogen-bond donors (Lipinski definition) is 0. The predicted octanol–water partition coefficient (Wildman–Crippen LogP) is 3.89. The van der Waals surface area contributed by atoms with E-state index in [1.165, 1.54) is 18.5 Å². The van der Waals surface area contributed by atoms with Crippen LogP contribution < -0.4 is 4.31 Å². The summed E-state index contributed by atoms with van der Waals surface area (Å²) in [5, 5.41) is 0. The van der Waals surface area contributed by atoms with Crippen molar-refractivity contribution >= 4 is 27.6 Å². The number of nitrogens with zero attached hydrogens (tertiary/aromatic N) is 3. The van der Waals surface area contributed by atoms with Crippen LogP contribution in [0.25, 0.3) is 0 Å². The van der Waals surface area contributed by atoms with Crippen LogP contribution in [0.1, 0.15) is 45.3 Å². The van der Waals surface area contributed by atoms with E-state index >= 15 is 0 Å². The predicted molar refractivity (Wildman–Crippen MR) is 133 cm³/mol. The average molecular weight is 496 g/mol. The van der Waals surface area contributed by atoms with E-state index in [9.17, 15) is 18.0 Å². The van der Waals surface area contributed by atoms with Crippen LogP contribution >= 0.6 is 0 Å². The van der Waals surface area contributed by atoms with Gasteiger partial charge in [-0.1, -0.05) is 17.7 Å². The highest BCUT2D eigenvalue weighted by Gasteiger charge is 2.27. The summed E-state index contributed by atoms with van der Waals surface area (Å²) < 4.78 is 33.9. The Morgan fingerprint density at radius 3 is 2.20 bits per heavy atom. The maximum atomic E-state index is 13.1. The molecule has 0 unspecified atom stereocenters. The zero-order valence-electron chi connectivity index (χ0n) is 20.0. The van der Waals surface area contributed by atoms with Gasteiger partial charge in [0.1, 0.15) is 5.69 Å². The number of hydrogen-bond acceptors (Lipinski definition) is 5. The molecule has 1 amide bonds. The van der Waals surface area contributed by atoms with Gasteiger partial charge in [0.2, 0.25) is 0 Å². The van der Waals surface area contributed by atoms with Crippen LogP contribution in [0.2, 0.25) is 0 Å². The maximum Gasteiger partial charge on any atom is 0.354 e. The van der Waals surface area contributed by atoms with Gasteiger partial charge in [-0.15, -0.1) is 0 Å². The average Bonchev–Trinajstić information content (AvgIpc) is 3.38. The normalized spacial score (nSPS) is 14.5. The number of aryl methyl sites for hydroxylation is 1. The van der Waals surface area contributed by atoms with Crippen LogP contribution in [-0.4, -0.2) is 57.0 Å². The minimum Gasteiger partial charge on any atom is -0.464 e.